The third-order valence-corrected chi connectivity index (χ3v) is 7.21. The molecule has 10 heteroatoms. The summed E-state index contributed by atoms with van der Waals surface area (Å²) in [5, 5.41) is 6.70. The molecule has 1 aromatic heterocycles. The molecule has 1 atom stereocenters. The molecule has 0 saturated carbocycles. The molecule has 1 unspecified atom stereocenters. The van der Waals surface area contributed by atoms with Crippen molar-refractivity contribution in [2.45, 2.75) is 38.6 Å². The molecule has 3 aromatic rings. The molecule has 2 aliphatic rings. The van der Waals surface area contributed by atoms with E-state index in [9.17, 15) is 19.2 Å². The summed E-state index contributed by atoms with van der Waals surface area (Å²) in [7, 11) is 0. The van der Waals surface area contributed by atoms with Gasteiger partial charge in [0, 0.05) is 39.7 Å². The first-order chi connectivity index (χ1) is 16.4. The minimum absolute atomic E-state index is 0.145. The topological polar surface area (TPSA) is 105 Å². The van der Waals surface area contributed by atoms with Crippen LogP contribution in [0.3, 0.4) is 0 Å². The molecule has 4 amide bonds. The number of carbonyl (C=O) groups excluding carboxylic acids is 4. The second-order valence-electron chi connectivity index (χ2n) is 8.22. The number of rotatable bonds is 5. The standard InChI is InChI=1S/C24H20ClN3O5S/c25-16-4-3-14-8-17(34-20(14)9-16)12-33-24(32)26-10-13-1-2-15-11-28(23(31)18(15)7-13)19-5-6-21(29)27-22(19)30/h1-4,7-9,19H,5-6,10-12H2,(H,26,32)(H,27,29,30). The van der Waals surface area contributed by atoms with Gasteiger partial charge in [-0.25, -0.2) is 4.79 Å². The monoisotopic (exact) mass is 497 g/mol. The van der Waals surface area contributed by atoms with E-state index in [1.165, 1.54) is 16.2 Å². The molecule has 0 spiro atoms. The largest absolute Gasteiger partial charge is 0.444 e. The van der Waals surface area contributed by atoms with Crippen LogP contribution in [0.4, 0.5) is 4.79 Å². The zero-order valence-corrected chi connectivity index (χ0v) is 19.5. The Labute approximate surface area is 203 Å². The Morgan fingerprint density at radius 2 is 2.03 bits per heavy atom. The lowest BCUT2D eigenvalue weighted by atomic mass is 10.0. The quantitative estimate of drug-likeness (QED) is 0.522. The number of amides is 4. The lowest BCUT2D eigenvalue weighted by Crippen LogP contribution is -2.52. The lowest BCUT2D eigenvalue weighted by Gasteiger charge is -2.29. The molecular formula is C24H20ClN3O5S. The number of imide groups is 1. The van der Waals surface area contributed by atoms with E-state index < -0.39 is 18.0 Å². The number of ether oxygens (including phenoxy) is 1. The SMILES string of the molecule is O=C1CCC(N2Cc3ccc(CNC(=O)OCc4cc5ccc(Cl)cc5s4)cc3C2=O)C(=O)N1. The minimum atomic E-state index is -0.654. The molecule has 34 heavy (non-hydrogen) atoms. The third-order valence-electron chi connectivity index (χ3n) is 5.91. The first kappa shape index (κ1) is 22.4. The highest BCUT2D eigenvalue weighted by Gasteiger charge is 2.39. The average molecular weight is 498 g/mol. The molecule has 3 heterocycles. The fourth-order valence-electron chi connectivity index (χ4n) is 4.20. The number of nitrogens with zero attached hydrogens (tertiary/aromatic N) is 1. The Hall–Kier alpha value is -3.43. The van der Waals surface area contributed by atoms with Gasteiger partial charge in [-0.1, -0.05) is 29.8 Å². The minimum Gasteiger partial charge on any atom is -0.444 e. The summed E-state index contributed by atoms with van der Waals surface area (Å²) in [6, 6.07) is 12.3. The highest BCUT2D eigenvalue weighted by Crippen LogP contribution is 2.29. The highest BCUT2D eigenvalue weighted by molar-refractivity contribution is 7.19. The first-order valence-electron chi connectivity index (χ1n) is 10.7. The molecule has 174 valence electrons. The van der Waals surface area contributed by atoms with Crippen LogP contribution in [0.1, 0.15) is 39.2 Å². The second kappa shape index (κ2) is 9.08. The predicted octanol–water partition coefficient (Wildman–Crippen LogP) is 3.74. The van der Waals surface area contributed by atoms with Crippen LogP contribution in [-0.4, -0.2) is 34.8 Å². The van der Waals surface area contributed by atoms with Crippen LogP contribution >= 0.6 is 22.9 Å². The summed E-state index contributed by atoms with van der Waals surface area (Å²) in [4.78, 5) is 51.1. The van der Waals surface area contributed by atoms with Crippen LogP contribution in [0.2, 0.25) is 5.02 Å². The van der Waals surface area contributed by atoms with Crippen molar-refractivity contribution in [3.8, 4) is 0 Å². The fraction of sp³-hybridized carbons (Fsp3) is 0.250. The van der Waals surface area contributed by atoms with Crippen molar-refractivity contribution in [1.82, 2.24) is 15.5 Å². The molecule has 0 aliphatic carbocycles. The van der Waals surface area contributed by atoms with Crippen molar-refractivity contribution in [1.29, 1.82) is 0 Å². The first-order valence-corrected chi connectivity index (χ1v) is 11.9. The molecule has 2 N–H and O–H groups in total. The van der Waals surface area contributed by atoms with E-state index in [0.717, 1.165) is 26.1 Å². The average Bonchev–Trinajstić information content (AvgIpc) is 3.36. The van der Waals surface area contributed by atoms with Gasteiger partial charge in [0.15, 0.2) is 0 Å². The van der Waals surface area contributed by atoms with E-state index in [4.69, 9.17) is 16.3 Å². The Kier molecular flexibility index (Phi) is 5.97. The Bertz CT molecular complexity index is 1340. The van der Waals surface area contributed by atoms with Crippen LogP contribution < -0.4 is 10.6 Å². The summed E-state index contributed by atoms with van der Waals surface area (Å²) < 4.78 is 6.35. The van der Waals surface area contributed by atoms with Gasteiger partial charge in [0.25, 0.3) is 5.91 Å². The van der Waals surface area contributed by atoms with Gasteiger partial charge in [-0.3, -0.25) is 19.7 Å². The van der Waals surface area contributed by atoms with Gasteiger partial charge in [0.1, 0.15) is 12.6 Å². The van der Waals surface area contributed by atoms with Crippen LogP contribution in [-0.2, 0) is 34.0 Å². The summed E-state index contributed by atoms with van der Waals surface area (Å²) in [5.74, 6) is -1.01. The molecular weight excluding hydrogens is 478 g/mol. The number of nitrogens with one attached hydrogen (secondary N) is 2. The zero-order chi connectivity index (χ0) is 23.8. The van der Waals surface area contributed by atoms with E-state index in [1.54, 1.807) is 6.07 Å². The number of halogens is 1. The summed E-state index contributed by atoms with van der Waals surface area (Å²) >= 11 is 7.53. The molecule has 2 aliphatic heterocycles. The Morgan fingerprint density at radius 1 is 1.18 bits per heavy atom. The van der Waals surface area contributed by atoms with Crippen molar-refractivity contribution in [3.05, 3.63) is 69.1 Å². The van der Waals surface area contributed by atoms with Gasteiger partial charge >= 0.3 is 6.09 Å². The number of benzene rings is 2. The second-order valence-corrected chi connectivity index (χ2v) is 9.82. The summed E-state index contributed by atoms with van der Waals surface area (Å²) in [5.41, 5.74) is 2.05. The lowest BCUT2D eigenvalue weighted by molar-refractivity contribution is -0.136. The van der Waals surface area contributed by atoms with Crippen LogP contribution in [0, 0.1) is 0 Å². The van der Waals surface area contributed by atoms with Gasteiger partial charge in [-0.2, -0.15) is 0 Å². The van der Waals surface area contributed by atoms with Crippen LogP contribution in [0.25, 0.3) is 10.1 Å². The normalized spacial score (nSPS) is 17.6. The molecule has 8 nitrogen and oxygen atoms in total. The number of thiophene rings is 1. The van der Waals surface area contributed by atoms with E-state index in [0.29, 0.717) is 23.6 Å². The molecule has 1 fully saturated rings. The van der Waals surface area contributed by atoms with Crippen LogP contribution in [0.5, 0.6) is 0 Å². The predicted molar refractivity (Wildman–Crippen MR) is 126 cm³/mol. The molecule has 2 aromatic carbocycles. The van der Waals surface area contributed by atoms with E-state index in [1.807, 2.05) is 36.4 Å². The Morgan fingerprint density at radius 3 is 2.85 bits per heavy atom. The molecule has 1 saturated heterocycles. The van der Waals surface area contributed by atoms with E-state index >= 15 is 0 Å². The van der Waals surface area contributed by atoms with Gasteiger partial charge in [0.2, 0.25) is 11.8 Å². The number of piperidine rings is 1. The molecule has 0 bridgehead atoms. The third kappa shape index (κ3) is 4.49. The van der Waals surface area contributed by atoms with Gasteiger partial charge in [-0.05, 0) is 47.2 Å². The van der Waals surface area contributed by atoms with Crippen molar-refractivity contribution in [3.63, 3.8) is 0 Å². The van der Waals surface area contributed by atoms with Gasteiger partial charge < -0.3 is 15.0 Å². The molecule has 0 radical (unpaired) electrons. The maximum atomic E-state index is 12.9. The van der Waals surface area contributed by atoms with Crippen molar-refractivity contribution >= 4 is 56.8 Å². The Balaban J connectivity index is 1.17. The van der Waals surface area contributed by atoms with Crippen LogP contribution in [0.15, 0.2) is 42.5 Å². The number of hydrogen-bond acceptors (Lipinski definition) is 6. The maximum absolute atomic E-state index is 12.9. The summed E-state index contributed by atoms with van der Waals surface area (Å²) in [6.45, 7) is 0.656. The smallest absolute Gasteiger partial charge is 0.407 e. The number of alkyl carbamates (subject to hydrolysis) is 1. The van der Waals surface area contributed by atoms with Gasteiger partial charge in [-0.15, -0.1) is 11.3 Å². The molecule has 5 rings (SSSR count). The van der Waals surface area contributed by atoms with E-state index in [2.05, 4.69) is 10.6 Å². The van der Waals surface area contributed by atoms with Gasteiger partial charge in [0.05, 0.1) is 0 Å². The summed E-state index contributed by atoms with van der Waals surface area (Å²) in [6.07, 6.45) is -0.0342. The van der Waals surface area contributed by atoms with Crippen molar-refractivity contribution in [2.24, 2.45) is 0 Å². The number of carbonyl (C=O) groups is 4. The maximum Gasteiger partial charge on any atom is 0.407 e. The van der Waals surface area contributed by atoms with Crippen molar-refractivity contribution < 1.29 is 23.9 Å². The fourth-order valence-corrected chi connectivity index (χ4v) is 5.46. The number of fused-ring (bicyclic) bond motifs is 2. The number of hydrogen-bond donors (Lipinski definition) is 2. The van der Waals surface area contributed by atoms with Crippen molar-refractivity contribution in [2.75, 3.05) is 0 Å². The zero-order valence-electron chi connectivity index (χ0n) is 17.9. The highest BCUT2D eigenvalue weighted by atomic mass is 35.5. The van der Waals surface area contributed by atoms with E-state index in [-0.39, 0.29) is 31.4 Å².